The molecule has 4 aliphatic rings. The second kappa shape index (κ2) is 5.75. The van der Waals surface area contributed by atoms with Gasteiger partial charge in [-0.05, 0) is 79.1 Å². The maximum absolute atomic E-state index is 2.81. The van der Waals surface area contributed by atoms with Crippen LogP contribution in [0.3, 0.4) is 0 Å². The quantitative estimate of drug-likeness (QED) is 0.604. The molecule has 0 radical (unpaired) electrons. The maximum atomic E-state index is 2.81. The number of nitrogens with zero attached hydrogens (tertiary/aromatic N) is 1. The van der Waals surface area contributed by atoms with Crippen LogP contribution in [0.25, 0.3) is 0 Å². The minimum absolute atomic E-state index is 0.527. The highest BCUT2D eigenvalue weighted by molar-refractivity contribution is 5.06. The predicted octanol–water partition coefficient (Wildman–Crippen LogP) is 6.13. The first-order chi connectivity index (χ1) is 10.6. The van der Waals surface area contributed by atoms with Gasteiger partial charge in [-0.2, -0.15) is 0 Å². The number of hydrogen-bond acceptors (Lipinski definition) is 1. The molecule has 0 amide bonds. The maximum Gasteiger partial charge on any atom is 0.00359 e. The van der Waals surface area contributed by atoms with Crippen molar-refractivity contribution >= 4 is 0 Å². The van der Waals surface area contributed by atoms with E-state index < -0.39 is 0 Å². The summed E-state index contributed by atoms with van der Waals surface area (Å²) in [7, 11) is 0. The first-order valence-electron chi connectivity index (χ1n) is 10.3. The largest absolute Gasteiger partial charge is 0.302 e. The van der Waals surface area contributed by atoms with Crippen molar-refractivity contribution < 1.29 is 0 Å². The van der Waals surface area contributed by atoms with E-state index in [4.69, 9.17) is 0 Å². The molecule has 1 aliphatic heterocycles. The molecule has 0 aromatic carbocycles. The van der Waals surface area contributed by atoms with Crippen LogP contribution in [0.5, 0.6) is 0 Å². The Hall–Kier alpha value is -0.0400. The Labute approximate surface area is 145 Å². The van der Waals surface area contributed by atoms with Crippen LogP contribution >= 0.6 is 0 Å². The van der Waals surface area contributed by atoms with E-state index in [0.717, 1.165) is 5.92 Å². The van der Waals surface area contributed by atoms with E-state index in [2.05, 4.69) is 46.4 Å². The second-order valence-electron chi connectivity index (χ2n) is 11.5. The molecule has 3 aliphatic carbocycles. The summed E-state index contributed by atoms with van der Waals surface area (Å²) in [4.78, 5) is 2.81. The number of likely N-dealkylation sites (tertiary alicyclic amines) is 1. The van der Waals surface area contributed by atoms with E-state index in [1.54, 1.807) is 0 Å². The standard InChI is InChI=1S/C22H41N/c1-7-22-12-18(2)11-20(5,13-21(6,14-22)15-22)17-23-10-8-9-19(3,4)16-23/h18H,7-17H2,1-6H3. The van der Waals surface area contributed by atoms with Crippen molar-refractivity contribution in [2.24, 2.45) is 27.6 Å². The molecule has 4 fully saturated rings. The van der Waals surface area contributed by atoms with Crippen LogP contribution in [-0.4, -0.2) is 24.5 Å². The smallest absolute Gasteiger partial charge is 0.00359 e. The van der Waals surface area contributed by atoms with Crippen molar-refractivity contribution in [1.29, 1.82) is 0 Å². The van der Waals surface area contributed by atoms with Crippen LogP contribution in [0.15, 0.2) is 0 Å². The fraction of sp³-hybridized carbons (Fsp3) is 1.00. The summed E-state index contributed by atoms with van der Waals surface area (Å²) < 4.78 is 0. The average Bonchev–Trinajstić information content (AvgIpc) is 2.32. The Bertz CT molecular complexity index is 426. The number of fused-ring (bicyclic) bond motifs is 4. The zero-order valence-electron chi connectivity index (χ0n) is 16.8. The summed E-state index contributed by atoms with van der Waals surface area (Å²) in [5.74, 6) is 0.905. The van der Waals surface area contributed by atoms with Gasteiger partial charge in [0.25, 0.3) is 0 Å². The van der Waals surface area contributed by atoms with Crippen molar-refractivity contribution in [2.45, 2.75) is 92.9 Å². The predicted molar refractivity (Wildman–Crippen MR) is 101 cm³/mol. The molecule has 134 valence electrons. The monoisotopic (exact) mass is 319 g/mol. The van der Waals surface area contributed by atoms with Gasteiger partial charge in [0.05, 0.1) is 0 Å². The lowest BCUT2D eigenvalue weighted by atomic mass is 9.44. The highest BCUT2D eigenvalue weighted by Gasteiger charge is 2.55. The summed E-state index contributed by atoms with van der Waals surface area (Å²) in [6, 6.07) is 0. The van der Waals surface area contributed by atoms with Crippen molar-refractivity contribution in [3.05, 3.63) is 0 Å². The molecular weight excluding hydrogens is 278 g/mol. The lowest BCUT2D eigenvalue weighted by Gasteiger charge is -2.61. The molecule has 1 nitrogen and oxygen atoms in total. The summed E-state index contributed by atoms with van der Waals surface area (Å²) in [5, 5.41) is 0. The van der Waals surface area contributed by atoms with Gasteiger partial charge >= 0.3 is 0 Å². The topological polar surface area (TPSA) is 3.24 Å². The Balaban J connectivity index is 1.70. The van der Waals surface area contributed by atoms with Crippen LogP contribution in [-0.2, 0) is 0 Å². The minimum atomic E-state index is 0.527. The van der Waals surface area contributed by atoms with Crippen molar-refractivity contribution in [2.75, 3.05) is 19.6 Å². The van der Waals surface area contributed by atoms with Gasteiger partial charge in [-0.3, -0.25) is 0 Å². The molecule has 0 N–H and O–H groups in total. The summed E-state index contributed by atoms with van der Waals surface area (Å²) in [6.07, 6.45) is 11.6. The summed E-state index contributed by atoms with van der Waals surface area (Å²) >= 11 is 0. The first-order valence-corrected chi connectivity index (χ1v) is 10.3. The number of piperidine rings is 1. The molecule has 1 heteroatoms. The molecule has 2 atom stereocenters. The SMILES string of the molecule is CCC12CC(C)CC(C)(CN3CCCC(C)(C)C3)CC(C)(C1)C2. The molecule has 2 unspecified atom stereocenters. The molecule has 1 heterocycles. The van der Waals surface area contributed by atoms with E-state index >= 15 is 0 Å². The molecule has 0 spiro atoms. The zero-order valence-corrected chi connectivity index (χ0v) is 16.8. The number of rotatable bonds is 3. The van der Waals surface area contributed by atoms with Crippen LogP contribution < -0.4 is 0 Å². The van der Waals surface area contributed by atoms with Gasteiger partial charge in [0.15, 0.2) is 0 Å². The van der Waals surface area contributed by atoms with Crippen molar-refractivity contribution in [3.63, 3.8) is 0 Å². The van der Waals surface area contributed by atoms with Gasteiger partial charge in [-0.25, -0.2) is 0 Å². The summed E-state index contributed by atoms with van der Waals surface area (Å²) in [6.45, 7) is 19.1. The van der Waals surface area contributed by atoms with Gasteiger partial charge < -0.3 is 4.90 Å². The Morgan fingerprint density at radius 1 is 1.00 bits per heavy atom. The molecule has 23 heavy (non-hydrogen) atoms. The third-order valence-electron chi connectivity index (χ3n) is 7.41. The van der Waals surface area contributed by atoms with Crippen LogP contribution in [0, 0.1) is 27.6 Å². The van der Waals surface area contributed by atoms with Gasteiger partial charge in [0.1, 0.15) is 0 Å². The first kappa shape index (κ1) is 17.8. The van der Waals surface area contributed by atoms with Crippen molar-refractivity contribution in [1.82, 2.24) is 4.90 Å². The lowest BCUT2D eigenvalue weighted by Crippen LogP contribution is -2.53. The molecule has 2 bridgehead atoms. The van der Waals surface area contributed by atoms with Crippen LogP contribution in [0.1, 0.15) is 92.9 Å². The van der Waals surface area contributed by atoms with E-state index in [1.165, 1.54) is 71.0 Å². The van der Waals surface area contributed by atoms with Crippen LogP contribution in [0.4, 0.5) is 0 Å². The average molecular weight is 320 g/mol. The van der Waals surface area contributed by atoms with E-state index in [9.17, 15) is 0 Å². The van der Waals surface area contributed by atoms with Gasteiger partial charge in [0, 0.05) is 13.1 Å². The highest BCUT2D eigenvalue weighted by Crippen LogP contribution is 2.65. The molecule has 0 aromatic rings. The molecule has 4 rings (SSSR count). The lowest BCUT2D eigenvalue weighted by molar-refractivity contribution is -0.107. The van der Waals surface area contributed by atoms with Gasteiger partial charge in [0.2, 0.25) is 0 Å². The van der Waals surface area contributed by atoms with Gasteiger partial charge in [-0.1, -0.05) is 48.0 Å². The third kappa shape index (κ3) is 3.80. The fourth-order valence-corrected chi connectivity index (χ4v) is 7.52. The van der Waals surface area contributed by atoms with Crippen LogP contribution in [0.2, 0.25) is 0 Å². The van der Waals surface area contributed by atoms with E-state index in [-0.39, 0.29) is 0 Å². The highest BCUT2D eigenvalue weighted by atomic mass is 15.1. The number of hydrogen-bond donors (Lipinski definition) is 0. The molecule has 1 saturated heterocycles. The fourth-order valence-electron chi connectivity index (χ4n) is 7.52. The van der Waals surface area contributed by atoms with E-state index in [1.807, 2.05) is 0 Å². The molecule has 0 aromatic heterocycles. The zero-order chi connectivity index (χ0) is 16.9. The third-order valence-corrected chi connectivity index (χ3v) is 7.41. The van der Waals surface area contributed by atoms with Gasteiger partial charge in [-0.15, -0.1) is 0 Å². The van der Waals surface area contributed by atoms with Crippen molar-refractivity contribution in [3.8, 4) is 0 Å². The normalized spacial score (nSPS) is 47.5. The Kier molecular flexibility index (Phi) is 4.44. The Morgan fingerprint density at radius 2 is 1.70 bits per heavy atom. The van der Waals surface area contributed by atoms with E-state index in [0.29, 0.717) is 21.7 Å². The molecular formula is C22H41N. The molecule has 3 saturated carbocycles. The minimum Gasteiger partial charge on any atom is -0.302 e. The Morgan fingerprint density at radius 3 is 2.30 bits per heavy atom. The second-order valence-corrected chi connectivity index (χ2v) is 11.5. The summed E-state index contributed by atoms with van der Waals surface area (Å²) in [5.41, 5.74) is 2.40.